The van der Waals surface area contributed by atoms with Crippen molar-refractivity contribution in [3.63, 3.8) is 0 Å². The van der Waals surface area contributed by atoms with Crippen LogP contribution in [0.25, 0.3) is 0 Å². The molecule has 0 aromatic heterocycles. The molecule has 1 heterocycles. The third-order valence-corrected chi connectivity index (χ3v) is 4.23. The summed E-state index contributed by atoms with van der Waals surface area (Å²) in [5, 5.41) is 0. The van der Waals surface area contributed by atoms with E-state index in [4.69, 9.17) is 9.47 Å². The zero-order valence-corrected chi connectivity index (χ0v) is 12.8. The molecule has 0 spiro atoms. The van der Waals surface area contributed by atoms with Gasteiger partial charge in [-0.05, 0) is 42.3 Å². The second-order valence-electron chi connectivity index (χ2n) is 5.45. The van der Waals surface area contributed by atoms with Gasteiger partial charge in [0, 0.05) is 6.54 Å². The summed E-state index contributed by atoms with van der Waals surface area (Å²) in [4.78, 5) is 2.39. The number of fused-ring (bicyclic) bond motifs is 1. The first-order valence-electron chi connectivity index (χ1n) is 7.24. The van der Waals surface area contributed by atoms with Gasteiger partial charge < -0.3 is 9.47 Å². The molecule has 2 aromatic carbocycles. The third kappa shape index (κ3) is 2.49. The van der Waals surface area contributed by atoms with Gasteiger partial charge in [-0.25, -0.2) is 0 Å². The Morgan fingerprint density at radius 3 is 2.33 bits per heavy atom. The number of nitrogens with zero attached hydrogens (tertiary/aromatic N) is 1. The Labute approximate surface area is 126 Å². The van der Waals surface area contributed by atoms with Crippen molar-refractivity contribution in [3.05, 3.63) is 59.2 Å². The molecule has 2 aromatic rings. The number of rotatable bonds is 3. The lowest BCUT2D eigenvalue weighted by Gasteiger charge is -2.35. The van der Waals surface area contributed by atoms with Gasteiger partial charge in [-0.3, -0.25) is 4.90 Å². The first-order chi connectivity index (χ1) is 10.2. The van der Waals surface area contributed by atoms with Gasteiger partial charge in [-0.1, -0.05) is 30.3 Å². The van der Waals surface area contributed by atoms with Crippen LogP contribution in [0.15, 0.2) is 42.5 Å². The fourth-order valence-electron chi connectivity index (χ4n) is 3.14. The van der Waals surface area contributed by atoms with E-state index in [1.807, 2.05) is 0 Å². The summed E-state index contributed by atoms with van der Waals surface area (Å²) in [6.45, 7) is 1.04. The lowest BCUT2D eigenvalue weighted by atomic mass is 9.88. The van der Waals surface area contributed by atoms with Gasteiger partial charge in [0.15, 0.2) is 11.5 Å². The van der Waals surface area contributed by atoms with Gasteiger partial charge in [0.05, 0.1) is 20.3 Å². The molecule has 0 saturated carbocycles. The van der Waals surface area contributed by atoms with Crippen LogP contribution in [0.3, 0.4) is 0 Å². The van der Waals surface area contributed by atoms with E-state index in [0.717, 1.165) is 24.5 Å². The van der Waals surface area contributed by atoms with Crippen molar-refractivity contribution in [2.45, 2.75) is 12.5 Å². The predicted molar refractivity (Wildman–Crippen MR) is 84.2 cm³/mol. The molecule has 3 nitrogen and oxygen atoms in total. The molecule has 0 radical (unpaired) electrons. The number of benzene rings is 2. The normalized spacial score (nSPS) is 18.1. The standard InChI is InChI=1S/C18H21NO2/c1-19-10-9-14-11-16(20-2)17(21-3)12-15(14)18(19)13-7-5-4-6-8-13/h4-8,11-12,18H,9-10H2,1-3H3/t18-/m0/s1. The van der Waals surface area contributed by atoms with Gasteiger partial charge in [0.2, 0.25) is 0 Å². The van der Waals surface area contributed by atoms with E-state index in [1.165, 1.54) is 16.7 Å². The van der Waals surface area contributed by atoms with Gasteiger partial charge in [0.25, 0.3) is 0 Å². The van der Waals surface area contributed by atoms with Crippen LogP contribution >= 0.6 is 0 Å². The smallest absolute Gasteiger partial charge is 0.161 e. The molecular weight excluding hydrogens is 262 g/mol. The molecule has 3 heteroatoms. The van der Waals surface area contributed by atoms with Gasteiger partial charge in [0.1, 0.15) is 0 Å². The van der Waals surface area contributed by atoms with E-state index in [0.29, 0.717) is 0 Å². The molecule has 21 heavy (non-hydrogen) atoms. The molecule has 0 unspecified atom stereocenters. The highest BCUT2D eigenvalue weighted by molar-refractivity contribution is 5.51. The van der Waals surface area contributed by atoms with Crippen molar-refractivity contribution in [3.8, 4) is 11.5 Å². The molecule has 0 fully saturated rings. The Hall–Kier alpha value is -2.00. The maximum absolute atomic E-state index is 5.48. The summed E-state index contributed by atoms with van der Waals surface area (Å²) in [5.41, 5.74) is 3.97. The van der Waals surface area contributed by atoms with Crippen molar-refractivity contribution in [1.82, 2.24) is 4.90 Å². The Balaban J connectivity index is 2.13. The van der Waals surface area contributed by atoms with Crippen molar-refractivity contribution >= 4 is 0 Å². The Bertz CT molecular complexity index is 625. The first-order valence-corrected chi connectivity index (χ1v) is 7.24. The first kappa shape index (κ1) is 14.0. The van der Waals surface area contributed by atoms with Crippen LogP contribution in [0.4, 0.5) is 0 Å². The largest absolute Gasteiger partial charge is 0.493 e. The van der Waals surface area contributed by atoms with Crippen LogP contribution in [0.2, 0.25) is 0 Å². The van der Waals surface area contributed by atoms with Gasteiger partial charge in [-0.15, -0.1) is 0 Å². The van der Waals surface area contributed by atoms with Crippen LogP contribution in [0, 0.1) is 0 Å². The van der Waals surface area contributed by atoms with Crippen molar-refractivity contribution in [2.75, 3.05) is 27.8 Å². The summed E-state index contributed by atoms with van der Waals surface area (Å²) < 4.78 is 10.9. The minimum absolute atomic E-state index is 0.273. The minimum atomic E-state index is 0.273. The number of hydrogen-bond donors (Lipinski definition) is 0. The van der Waals surface area contributed by atoms with Crippen LogP contribution < -0.4 is 9.47 Å². The van der Waals surface area contributed by atoms with Crippen molar-refractivity contribution < 1.29 is 9.47 Å². The molecule has 1 aliphatic rings. The highest BCUT2D eigenvalue weighted by Gasteiger charge is 2.27. The van der Waals surface area contributed by atoms with E-state index in [9.17, 15) is 0 Å². The molecule has 0 aliphatic carbocycles. The zero-order valence-electron chi connectivity index (χ0n) is 12.8. The minimum Gasteiger partial charge on any atom is -0.493 e. The molecule has 0 saturated heterocycles. The summed E-state index contributed by atoms with van der Waals surface area (Å²) in [6, 6.07) is 15.1. The summed E-state index contributed by atoms with van der Waals surface area (Å²) in [5.74, 6) is 1.61. The van der Waals surface area contributed by atoms with Gasteiger partial charge in [-0.2, -0.15) is 0 Å². The molecule has 1 atom stereocenters. The molecular formula is C18H21NO2. The summed E-state index contributed by atoms with van der Waals surface area (Å²) >= 11 is 0. The fourth-order valence-corrected chi connectivity index (χ4v) is 3.14. The Morgan fingerprint density at radius 2 is 1.67 bits per heavy atom. The SMILES string of the molecule is COc1cc2c(cc1OC)[C@H](c1ccccc1)N(C)CC2. The van der Waals surface area contributed by atoms with E-state index < -0.39 is 0 Å². The molecule has 0 amide bonds. The molecule has 3 rings (SSSR count). The van der Waals surface area contributed by atoms with Crippen LogP contribution in [0.1, 0.15) is 22.7 Å². The molecule has 0 N–H and O–H groups in total. The maximum atomic E-state index is 5.48. The lowest BCUT2D eigenvalue weighted by Crippen LogP contribution is -2.32. The number of hydrogen-bond acceptors (Lipinski definition) is 3. The van der Waals surface area contributed by atoms with E-state index in [1.54, 1.807) is 14.2 Å². The molecule has 1 aliphatic heterocycles. The lowest BCUT2D eigenvalue weighted by molar-refractivity contribution is 0.262. The van der Waals surface area contributed by atoms with Crippen LogP contribution in [-0.2, 0) is 6.42 Å². The van der Waals surface area contributed by atoms with Crippen molar-refractivity contribution in [2.24, 2.45) is 0 Å². The second kappa shape index (κ2) is 5.78. The molecule has 0 bridgehead atoms. The Kier molecular flexibility index (Phi) is 3.84. The van der Waals surface area contributed by atoms with E-state index in [2.05, 4.69) is 54.4 Å². The second-order valence-corrected chi connectivity index (χ2v) is 5.45. The highest BCUT2D eigenvalue weighted by atomic mass is 16.5. The average Bonchev–Trinajstić information content (AvgIpc) is 2.54. The number of likely N-dealkylation sites (N-methyl/N-ethyl adjacent to an activating group) is 1. The van der Waals surface area contributed by atoms with E-state index >= 15 is 0 Å². The maximum Gasteiger partial charge on any atom is 0.161 e. The average molecular weight is 283 g/mol. The van der Waals surface area contributed by atoms with Gasteiger partial charge >= 0.3 is 0 Å². The quantitative estimate of drug-likeness (QED) is 0.863. The number of methoxy groups -OCH3 is 2. The number of ether oxygens (including phenoxy) is 2. The fraction of sp³-hybridized carbons (Fsp3) is 0.333. The van der Waals surface area contributed by atoms with E-state index in [-0.39, 0.29) is 6.04 Å². The van der Waals surface area contributed by atoms with Crippen molar-refractivity contribution in [1.29, 1.82) is 0 Å². The topological polar surface area (TPSA) is 21.7 Å². The molecule has 110 valence electrons. The summed E-state index contributed by atoms with van der Waals surface area (Å²) in [6.07, 6.45) is 1.04. The highest BCUT2D eigenvalue weighted by Crippen LogP contribution is 2.40. The summed E-state index contributed by atoms with van der Waals surface area (Å²) in [7, 11) is 5.56. The Morgan fingerprint density at radius 1 is 1.00 bits per heavy atom. The monoisotopic (exact) mass is 283 g/mol. The van der Waals surface area contributed by atoms with Crippen LogP contribution in [0.5, 0.6) is 11.5 Å². The zero-order chi connectivity index (χ0) is 14.8. The van der Waals surface area contributed by atoms with Crippen LogP contribution in [-0.4, -0.2) is 32.7 Å². The predicted octanol–water partition coefficient (Wildman–Crippen LogP) is 3.28. The third-order valence-electron chi connectivity index (χ3n) is 4.23.